The van der Waals surface area contributed by atoms with Crippen molar-refractivity contribution in [3.05, 3.63) is 12.7 Å². The third kappa shape index (κ3) is 5.63. The van der Waals surface area contributed by atoms with E-state index in [1.54, 1.807) is 11.8 Å². The molecule has 0 aliphatic carbocycles. The Morgan fingerprint density at radius 2 is 2.44 bits per heavy atom. The maximum atomic E-state index is 10.1. The summed E-state index contributed by atoms with van der Waals surface area (Å²) in [6, 6.07) is 0. The fraction of sp³-hybridized carbons (Fsp3) is 0.571. The number of aldehydes is 1. The third-order valence-electron chi connectivity index (χ3n) is 0.849. The van der Waals surface area contributed by atoms with Gasteiger partial charge in [-0.2, -0.15) is 11.8 Å². The van der Waals surface area contributed by atoms with E-state index in [4.69, 9.17) is 0 Å². The maximum Gasteiger partial charge on any atom is 0.123 e. The highest BCUT2D eigenvalue weighted by atomic mass is 32.2. The molecule has 1 atom stereocenters. The van der Waals surface area contributed by atoms with Crippen molar-refractivity contribution in [3.63, 3.8) is 0 Å². The van der Waals surface area contributed by atoms with Gasteiger partial charge in [-0.15, -0.1) is 6.58 Å². The van der Waals surface area contributed by atoms with Gasteiger partial charge in [-0.1, -0.05) is 13.0 Å². The average molecular weight is 144 g/mol. The molecule has 52 valence electrons. The molecule has 0 fully saturated rings. The number of rotatable bonds is 5. The van der Waals surface area contributed by atoms with Gasteiger partial charge in [0.25, 0.3) is 0 Å². The smallest absolute Gasteiger partial charge is 0.123 e. The molecule has 0 aromatic rings. The van der Waals surface area contributed by atoms with Crippen LogP contribution in [0.1, 0.15) is 6.92 Å². The number of carbonyl (C=O) groups is 1. The van der Waals surface area contributed by atoms with Crippen LogP contribution in [-0.4, -0.2) is 17.8 Å². The van der Waals surface area contributed by atoms with E-state index in [1.165, 1.54) is 0 Å². The van der Waals surface area contributed by atoms with Crippen molar-refractivity contribution in [2.45, 2.75) is 6.92 Å². The largest absolute Gasteiger partial charge is 0.303 e. The summed E-state index contributed by atoms with van der Waals surface area (Å²) in [5.74, 6) is 2.04. The summed E-state index contributed by atoms with van der Waals surface area (Å²) in [5.41, 5.74) is 0. The van der Waals surface area contributed by atoms with Crippen LogP contribution in [0, 0.1) is 5.92 Å². The zero-order valence-electron chi connectivity index (χ0n) is 5.67. The summed E-state index contributed by atoms with van der Waals surface area (Å²) in [4.78, 5) is 10.1. The Morgan fingerprint density at radius 1 is 1.78 bits per heavy atom. The van der Waals surface area contributed by atoms with Gasteiger partial charge in [0.2, 0.25) is 0 Å². The van der Waals surface area contributed by atoms with E-state index in [1.807, 2.05) is 13.0 Å². The molecule has 2 heteroatoms. The van der Waals surface area contributed by atoms with Gasteiger partial charge in [0.1, 0.15) is 6.29 Å². The molecule has 0 amide bonds. The van der Waals surface area contributed by atoms with Crippen LogP contribution in [0.15, 0.2) is 12.7 Å². The van der Waals surface area contributed by atoms with Crippen molar-refractivity contribution >= 4 is 18.0 Å². The molecule has 9 heavy (non-hydrogen) atoms. The van der Waals surface area contributed by atoms with E-state index in [9.17, 15) is 4.79 Å². The first-order valence-electron chi connectivity index (χ1n) is 2.95. The van der Waals surface area contributed by atoms with Gasteiger partial charge < -0.3 is 4.79 Å². The van der Waals surface area contributed by atoms with E-state index < -0.39 is 0 Å². The van der Waals surface area contributed by atoms with Gasteiger partial charge in [0.15, 0.2) is 0 Å². The molecule has 1 nitrogen and oxygen atoms in total. The molecule has 0 bridgehead atoms. The number of hydrogen-bond acceptors (Lipinski definition) is 2. The SMILES string of the molecule is C=CCSCC(C)C=O. The first-order valence-corrected chi connectivity index (χ1v) is 4.10. The number of thioether (sulfide) groups is 1. The summed E-state index contributed by atoms with van der Waals surface area (Å²) >= 11 is 1.74. The van der Waals surface area contributed by atoms with Crippen LogP contribution < -0.4 is 0 Å². The predicted molar refractivity (Wildman–Crippen MR) is 42.8 cm³/mol. The Kier molecular flexibility index (Phi) is 5.73. The van der Waals surface area contributed by atoms with E-state index >= 15 is 0 Å². The van der Waals surface area contributed by atoms with Gasteiger partial charge in [-0.05, 0) is 0 Å². The summed E-state index contributed by atoms with van der Waals surface area (Å²) in [6.07, 6.45) is 2.83. The monoisotopic (exact) mass is 144 g/mol. The highest BCUT2D eigenvalue weighted by Gasteiger charge is 1.96. The molecule has 0 heterocycles. The zero-order valence-corrected chi connectivity index (χ0v) is 6.49. The fourth-order valence-electron chi connectivity index (χ4n) is 0.377. The molecule has 0 saturated heterocycles. The van der Waals surface area contributed by atoms with Crippen LogP contribution in [0.25, 0.3) is 0 Å². The average Bonchev–Trinajstić information content (AvgIpc) is 1.89. The van der Waals surface area contributed by atoms with Gasteiger partial charge in [-0.25, -0.2) is 0 Å². The maximum absolute atomic E-state index is 10.1. The van der Waals surface area contributed by atoms with Crippen molar-refractivity contribution < 1.29 is 4.79 Å². The van der Waals surface area contributed by atoms with E-state index in [-0.39, 0.29) is 5.92 Å². The van der Waals surface area contributed by atoms with Crippen molar-refractivity contribution in [3.8, 4) is 0 Å². The molecule has 0 aliphatic heterocycles. The molecule has 0 spiro atoms. The van der Waals surface area contributed by atoms with Crippen LogP contribution in [0.5, 0.6) is 0 Å². The lowest BCUT2D eigenvalue weighted by Gasteiger charge is -1.98. The van der Waals surface area contributed by atoms with Crippen molar-refractivity contribution in [2.24, 2.45) is 5.92 Å². The summed E-state index contributed by atoms with van der Waals surface area (Å²) in [5, 5.41) is 0. The summed E-state index contributed by atoms with van der Waals surface area (Å²) in [6.45, 7) is 5.49. The number of hydrogen-bond donors (Lipinski definition) is 0. The Morgan fingerprint density at radius 3 is 2.89 bits per heavy atom. The summed E-state index contributed by atoms with van der Waals surface area (Å²) in [7, 11) is 0. The molecule has 0 radical (unpaired) electrons. The van der Waals surface area contributed by atoms with E-state index in [0.29, 0.717) is 0 Å². The lowest BCUT2D eigenvalue weighted by molar-refractivity contribution is -0.110. The van der Waals surface area contributed by atoms with Crippen molar-refractivity contribution in [1.29, 1.82) is 0 Å². The summed E-state index contributed by atoms with van der Waals surface area (Å²) < 4.78 is 0. The number of carbonyl (C=O) groups excluding carboxylic acids is 1. The van der Waals surface area contributed by atoms with Crippen LogP contribution in [0.4, 0.5) is 0 Å². The topological polar surface area (TPSA) is 17.1 Å². The van der Waals surface area contributed by atoms with Crippen LogP contribution >= 0.6 is 11.8 Å². The second-order valence-corrected chi connectivity index (χ2v) is 3.01. The molecule has 0 N–H and O–H groups in total. The third-order valence-corrected chi connectivity index (χ3v) is 2.08. The minimum absolute atomic E-state index is 0.190. The molecule has 0 aromatic carbocycles. The molecule has 0 aliphatic rings. The first-order chi connectivity index (χ1) is 4.31. The Balaban J connectivity index is 3.05. The van der Waals surface area contributed by atoms with Crippen LogP contribution in [-0.2, 0) is 4.79 Å². The normalized spacial score (nSPS) is 12.6. The fourth-order valence-corrected chi connectivity index (χ4v) is 1.13. The minimum Gasteiger partial charge on any atom is -0.303 e. The Bertz CT molecular complexity index is 90.9. The molecule has 1 unspecified atom stereocenters. The minimum atomic E-state index is 0.190. The van der Waals surface area contributed by atoms with Gasteiger partial charge in [0, 0.05) is 17.4 Å². The lowest BCUT2D eigenvalue weighted by Crippen LogP contribution is -1.98. The Hall–Kier alpha value is -0.240. The van der Waals surface area contributed by atoms with Crippen LogP contribution in [0.3, 0.4) is 0 Å². The highest BCUT2D eigenvalue weighted by Crippen LogP contribution is 2.05. The quantitative estimate of drug-likeness (QED) is 0.332. The van der Waals surface area contributed by atoms with Crippen molar-refractivity contribution in [2.75, 3.05) is 11.5 Å². The van der Waals surface area contributed by atoms with Gasteiger partial charge >= 0.3 is 0 Å². The lowest BCUT2D eigenvalue weighted by atomic mass is 10.3. The first kappa shape index (κ1) is 8.76. The van der Waals surface area contributed by atoms with Crippen LogP contribution in [0.2, 0.25) is 0 Å². The zero-order chi connectivity index (χ0) is 7.11. The standard InChI is InChI=1S/C7H12OS/c1-3-4-9-6-7(2)5-8/h3,5,7H,1,4,6H2,2H3. The second-order valence-electron chi connectivity index (χ2n) is 1.94. The molecule has 0 rings (SSSR count). The van der Waals surface area contributed by atoms with E-state index in [0.717, 1.165) is 17.8 Å². The molecule has 0 aromatic heterocycles. The van der Waals surface area contributed by atoms with Gasteiger partial charge in [-0.3, -0.25) is 0 Å². The van der Waals surface area contributed by atoms with Crippen molar-refractivity contribution in [1.82, 2.24) is 0 Å². The Labute approximate surface area is 60.5 Å². The molecular weight excluding hydrogens is 132 g/mol. The molecular formula is C7H12OS. The second kappa shape index (κ2) is 5.89. The van der Waals surface area contributed by atoms with E-state index in [2.05, 4.69) is 6.58 Å². The predicted octanol–water partition coefficient (Wildman–Crippen LogP) is 1.74. The van der Waals surface area contributed by atoms with Gasteiger partial charge in [0.05, 0.1) is 0 Å². The highest BCUT2D eigenvalue weighted by molar-refractivity contribution is 7.99. The molecule has 0 saturated carbocycles.